The van der Waals surface area contributed by atoms with Crippen molar-refractivity contribution < 1.29 is 9.59 Å². The lowest BCUT2D eigenvalue weighted by Gasteiger charge is -2.15. The van der Waals surface area contributed by atoms with Crippen LogP contribution in [0.3, 0.4) is 0 Å². The Kier molecular flexibility index (Phi) is 6.45. The van der Waals surface area contributed by atoms with E-state index >= 15 is 0 Å². The van der Waals surface area contributed by atoms with Gasteiger partial charge in [-0.15, -0.1) is 11.3 Å². The molecule has 35 heavy (non-hydrogen) atoms. The lowest BCUT2D eigenvalue weighted by Crippen LogP contribution is -2.12. The summed E-state index contributed by atoms with van der Waals surface area (Å²) in [5.74, 6) is -0.433. The number of rotatable bonds is 4. The Morgan fingerprint density at radius 1 is 0.943 bits per heavy atom. The van der Waals surface area contributed by atoms with Crippen molar-refractivity contribution in [2.24, 2.45) is 0 Å². The second kappa shape index (κ2) is 9.68. The molecule has 0 spiro atoms. The van der Waals surface area contributed by atoms with Crippen LogP contribution < -0.4 is 16.4 Å². The molecule has 0 unspecified atom stereocenters. The fraction of sp³-hybridized carbons (Fsp3) is 0.222. The van der Waals surface area contributed by atoms with Crippen LogP contribution >= 0.6 is 22.9 Å². The molecular weight excluding hydrogens is 480 g/mol. The van der Waals surface area contributed by atoms with E-state index < -0.39 is 0 Å². The Morgan fingerprint density at radius 3 is 2.29 bits per heavy atom. The topological polar surface area (TPSA) is 97.1 Å². The third-order valence-corrected chi connectivity index (χ3v) is 7.56. The van der Waals surface area contributed by atoms with E-state index in [1.165, 1.54) is 30.2 Å². The lowest BCUT2D eigenvalue weighted by molar-refractivity contribution is -0.114. The van der Waals surface area contributed by atoms with Crippen LogP contribution in [0.1, 0.15) is 47.1 Å². The summed E-state index contributed by atoms with van der Waals surface area (Å²) in [6.45, 7) is 1.45. The van der Waals surface area contributed by atoms with Crippen LogP contribution in [0, 0.1) is 0 Å². The molecule has 0 radical (unpaired) electrons. The molecule has 8 heteroatoms. The fourth-order valence-electron chi connectivity index (χ4n) is 4.62. The Hall–Kier alpha value is -3.42. The highest BCUT2D eigenvalue weighted by Crippen LogP contribution is 2.43. The number of benzene rings is 2. The molecule has 1 aliphatic carbocycles. The summed E-state index contributed by atoms with van der Waals surface area (Å²) in [6.07, 6.45) is 5.24. The number of halogens is 1. The molecular formula is C27H25ClN4O2S. The molecule has 2 aromatic carbocycles. The molecule has 0 saturated heterocycles. The highest BCUT2D eigenvalue weighted by molar-refractivity contribution is 7.21. The van der Waals surface area contributed by atoms with Crippen molar-refractivity contribution in [2.75, 3.05) is 16.4 Å². The van der Waals surface area contributed by atoms with Crippen LogP contribution in [0.2, 0.25) is 5.02 Å². The fourth-order valence-corrected chi connectivity index (χ4v) is 5.76. The van der Waals surface area contributed by atoms with Gasteiger partial charge in [-0.05, 0) is 78.8 Å². The van der Waals surface area contributed by atoms with Gasteiger partial charge in [0.05, 0.1) is 5.69 Å². The lowest BCUT2D eigenvalue weighted by atomic mass is 9.93. The molecule has 2 amide bonds. The zero-order valence-corrected chi connectivity index (χ0v) is 20.9. The molecule has 178 valence electrons. The summed E-state index contributed by atoms with van der Waals surface area (Å²) >= 11 is 7.49. The SMILES string of the molecule is CC(=O)Nc1ccc(NC(=O)c2sc3nc4c(c(-c5ccc(Cl)cc5)c3c2N)CCCCC4)cc1. The predicted molar refractivity (Wildman–Crippen MR) is 144 cm³/mol. The number of nitrogen functional groups attached to an aromatic ring is 1. The maximum atomic E-state index is 13.2. The van der Waals surface area contributed by atoms with Crippen molar-refractivity contribution in [3.8, 4) is 11.1 Å². The number of thiophene rings is 1. The number of aryl methyl sites for hydroxylation is 1. The third kappa shape index (κ3) is 4.74. The normalized spacial score (nSPS) is 13.2. The van der Waals surface area contributed by atoms with Crippen LogP contribution in [0.4, 0.5) is 17.1 Å². The predicted octanol–water partition coefficient (Wildman–Crippen LogP) is 6.68. The molecule has 0 saturated carbocycles. The zero-order chi connectivity index (χ0) is 24.5. The average Bonchev–Trinajstić information content (AvgIpc) is 3.00. The molecule has 1 aliphatic rings. The second-order valence-corrected chi connectivity index (χ2v) is 10.2. The average molecular weight is 505 g/mol. The first-order valence-electron chi connectivity index (χ1n) is 11.6. The summed E-state index contributed by atoms with van der Waals surface area (Å²) in [6, 6.07) is 14.7. The third-order valence-electron chi connectivity index (χ3n) is 6.21. The van der Waals surface area contributed by atoms with Crippen molar-refractivity contribution in [3.05, 3.63) is 69.7 Å². The van der Waals surface area contributed by atoms with Crippen molar-refractivity contribution in [1.29, 1.82) is 0 Å². The number of nitrogens with two attached hydrogens (primary N) is 1. The highest BCUT2D eigenvalue weighted by Gasteiger charge is 2.25. The summed E-state index contributed by atoms with van der Waals surface area (Å²) in [5, 5.41) is 7.15. The Bertz CT molecular complexity index is 1430. The van der Waals surface area contributed by atoms with Gasteiger partial charge in [-0.2, -0.15) is 0 Å². The number of carbonyl (C=O) groups is 2. The summed E-state index contributed by atoms with van der Waals surface area (Å²) in [5.41, 5.74) is 12.8. The monoisotopic (exact) mass is 504 g/mol. The number of anilines is 3. The Labute approximate surface area is 212 Å². The quantitative estimate of drug-likeness (QED) is 0.270. The molecule has 0 bridgehead atoms. The van der Waals surface area contributed by atoms with E-state index in [1.54, 1.807) is 24.3 Å². The number of hydrogen-bond acceptors (Lipinski definition) is 5. The van der Waals surface area contributed by atoms with Crippen molar-refractivity contribution in [2.45, 2.75) is 39.0 Å². The number of nitrogens with one attached hydrogen (secondary N) is 2. The minimum Gasteiger partial charge on any atom is -0.397 e. The van der Waals surface area contributed by atoms with E-state index in [-0.39, 0.29) is 11.8 Å². The van der Waals surface area contributed by atoms with Gasteiger partial charge in [0.15, 0.2) is 0 Å². The number of fused-ring (bicyclic) bond motifs is 2. The molecule has 0 atom stereocenters. The van der Waals surface area contributed by atoms with Crippen LogP contribution in [0.5, 0.6) is 0 Å². The molecule has 6 nitrogen and oxygen atoms in total. The largest absolute Gasteiger partial charge is 0.397 e. The first-order chi connectivity index (χ1) is 16.9. The number of carbonyl (C=O) groups excluding carboxylic acids is 2. The maximum Gasteiger partial charge on any atom is 0.267 e. The van der Waals surface area contributed by atoms with Gasteiger partial charge in [0, 0.05) is 34.4 Å². The van der Waals surface area contributed by atoms with Crippen LogP contribution in [-0.2, 0) is 17.6 Å². The number of nitrogens with zero attached hydrogens (tertiary/aromatic N) is 1. The molecule has 5 rings (SSSR count). The number of aromatic nitrogens is 1. The van der Waals surface area contributed by atoms with E-state index in [4.69, 9.17) is 22.3 Å². The Morgan fingerprint density at radius 2 is 1.60 bits per heavy atom. The van der Waals surface area contributed by atoms with Crippen molar-refractivity contribution >= 4 is 62.0 Å². The number of pyridine rings is 1. The minimum atomic E-state index is -0.282. The van der Waals surface area contributed by atoms with Gasteiger partial charge in [-0.1, -0.05) is 30.2 Å². The number of amides is 2. The van der Waals surface area contributed by atoms with E-state index in [0.29, 0.717) is 27.0 Å². The van der Waals surface area contributed by atoms with Crippen molar-refractivity contribution in [1.82, 2.24) is 4.98 Å². The first kappa shape index (κ1) is 23.3. The molecule has 4 aromatic rings. The molecule has 2 heterocycles. The van der Waals surface area contributed by atoms with Gasteiger partial charge >= 0.3 is 0 Å². The standard InChI is InChI=1S/C27H25ClN4O2S/c1-15(33)30-18-11-13-19(14-12-18)31-26(34)25-24(29)23-22(16-7-9-17(28)10-8-16)20-5-3-2-4-6-21(20)32-27(23)35-25/h7-14H,2-6,29H2,1H3,(H,30,33)(H,31,34). The minimum absolute atomic E-state index is 0.151. The second-order valence-electron chi connectivity index (χ2n) is 8.72. The van der Waals surface area contributed by atoms with Gasteiger partial charge in [-0.25, -0.2) is 4.98 Å². The van der Waals surface area contributed by atoms with Crippen LogP contribution in [-0.4, -0.2) is 16.8 Å². The van der Waals surface area contributed by atoms with Gasteiger partial charge < -0.3 is 16.4 Å². The van der Waals surface area contributed by atoms with Crippen LogP contribution in [0.15, 0.2) is 48.5 Å². The van der Waals surface area contributed by atoms with E-state index in [1.807, 2.05) is 24.3 Å². The molecule has 0 fully saturated rings. The van der Waals surface area contributed by atoms with Crippen molar-refractivity contribution in [3.63, 3.8) is 0 Å². The molecule has 2 aromatic heterocycles. The summed E-state index contributed by atoms with van der Waals surface area (Å²) in [4.78, 5) is 30.7. The van der Waals surface area contributed by atoms with E-state index in [9.17, 15) is 9.59 Å². The van der Waals surface area contributed by atoms with E-state index in [2.05, 4.69) is 10.6 Å². The highest BCUT2D eigenvalue weighted by atomic mass is 35.5. The Balaban J connectivity index is 1.57. The zero-order valence-electron chi connectivity index (χ0n) is 19.3. The van der Waals surface area contributed by atoms with Gasteiger partial charge in [0.1, 0.15) is 9.71 Å². The van der Waals surface area contributed by atoms with Gasteiger partial charge in [0.25, 0.3) is 5.91 Å². The number of hydrogen-bond donors (Lipinski definition) is 3. The van der Waals surface area contributed by atoms with E-state index in [0.717, 1.165) is 52.7 Å². The summed E-state index contributed by atoms with van der Waals surface area (Å²) < 4.78 is 0. The smallest absolute Gasteiger partial charge is 0.267 e. The van der Waals surface area contributed by atoms with Gasteiger partial charge in [0.2, 0.25) is 5.91 Å². The molecule has 4 N–H and O–H groups in total. The molecule has 0 aliphatic heterocycles. The van der Waals surface area contributed by atoms with Crippen LogP contribution in [0.25, 0.3) is 21.3 Å². The van der Waals surface area contributed by atoms with Gasteiger partial charge in [-0.3, -0.25) is 9.59 Å². The first-order valence-corrected chi connectivity index (χ1v) is 12.8. The summed E-state index contributed by atoms with van der Waals surface area (Å²) in [7, 11) is 0. The maximum absolute atomic E-state index is 13.2.